The van der Waals surface area contributed by atoms with E-state index in [1.165, 1.54) is 25.3 Å². The second-order valence-electron chi connectivity index (χ2n) is 15.5. The number of nitrogens with zero attached hydrogens (tertiary/aromatic N) is 1. The van der Waals surface area contributed by atoms with Crippen LogP contribution in [-0.4, -0.2) is 80.5 Å². The Hall–Kier alpha value is -4.46. The number of alkyl carbamates (subject to hydrolysis) is 1. The highest BCUT2D eigenvalue weighted by atomic mass is 35.5. The quantitative estimate of drug-likeness (QED) is 0.207. The van der Waals surface area contributed by atoms with Crippen LogP contribution < -0.4 is 25.8 Å². The number of hydrogen-bond donors (Lipinski definition) is 3. The van der Waals surface area contributed by atoms with Gasteiger partial charge in [0.1, 0.15) is 17.2 Å². The van der Waals surface area contributed by atoms with Crippen LogP contribution in [0.3, 0.4) is 0 Å². The van der Waals surface area contributed by atoms with Crippen LogP contribution in [0, 0.1) is 17.6 Å². The summed E-state index contributed by atoms with van der Waals surface area (Å²) in [5.41, 5.74) is 4.80. The zero-order valence-electron chi connectivity index (χ0n) is 31.8. The fraction of sp³-hybridized carbons (Fsp3) is 0.488. The third-order valence-corrected chi connectivity index (χ3v) is 11.2. The summed E-state index contributed by atoms with van der Waals surface area (Å²) in [6.07, 6.45) is 1.97. The van der Waals surface area contributed by atoms with Crippen molar-refractivity contribution >= 4 is 29.5 Å². The van der Waals surface area contributed by atoms with Gasteiger partial charge in [-0.2, -0.15) is 0 Å². The number of benzene rings is 3. The molecule has 1 aliphatic carbocycles. The van der Waals surface area contributed by atoms with Gasteiger partial charge in [0.15, 0.2) is 17.2 Å². The highest BCUT2D eigenvalue weighted by Crippen LogP contribution is 2.56. The van der Waals surface area contributed by atoms with Crippen molar-refractivity contribution in [1.29, 1.82) is 0 Å². The number of fused-ring (bicyclic) bond motifs is 1. The summed E-state index contributed by atoms with van der Waals surface area (Å²) < 4.78 is 54.9. The van der Waals surface area contributed by atoms with Crippen LogP contribution >= 0.6 is 11.6 Å². The van der Waals surface area contributed by atoms with E-state index < -0.39 is 40.8 Å². The van der Waals surface area contributed by atoms with E-state index in [-0.39, 0.29) is 63.7 Å². The number of carbonyl (C=O) groups excluding carboxylic acids is 3. The highest BCUT2D eigenvalue weighted by Gasteiger charge is 2.50. The van der Waals surface area contributed by atoms with Gasteiger partial charge < -0.3 is 40.2 Å². The number of halogens is 3. The number of methoxy groups -OCH3 is 1. The maximum Gasteiger partial charge on any atom is 0.407 e. The smallest absolute Gasteiger partial charge is 0.407 e. The van der Waals surface area contributed by atoms with Gasteiger partial charge in [-0.05, 0) is 64.2 Å². The molecule has 0 unspecified atom stereocenters. The molecule has 2 fully saturated rings. The number of nitrogens with one attached hydrogen (secondary N) is 2. The molecule has 0 spiro atoms. The number of ether oxygens (including phenoxy) is 4. The van der Waals surface area contributed by atoms with Crippen LogP contribution in [0.2, 0.25) is 5.02 Å². The normalized spacial score (nSPS) is 23.7. The van der Waals surface area contributed by atoms with Gasteiger partial charge in [-0.1, -0.05) is 48.9 Å². The minimum absolute atomic E-state index is 0.0165. The van der Waals surface area contributed by atoms with Gasteiger partial charge in [0.05, 0.1) is 30.4 Å². The largest absolute Gasteiger partial charge is 0.494 e. The molecule has 55 heavy (non-hydrogen) atoms. The Balaban J connectivity index is 1.18. The summed E-state index contributed by atoms with van der Waals surface area (Å²) in [7, 11) is 1.29. The van der Waals surface area contributed by atoms with Crippen molar-refractivity contribution in [2.45, 2.75) is 82.6 Å². The molecule has 3 aliphatic rings. The van der Waals surface area contributed by atoms with Crippen LogP contribution in [0.4, 0.5) is 13.6 Å². The van der Waals surface area contributed by atoms with Gasteiger partial charge in [0.2, 0.25) is 11.8 Å². The van der Waals surface area contributed by atoms with E-state index in [0.717, 1.165) is 18.4 Å². The summed E-state index contributed by atoms with van der Waals surface area (Å²) in [5, 5.41) is 6.06. The molecule has 14 heteroatoms. The second-order valence-corrected chi connectivity index (χ2v) is 15.9. The van der Waals surface area contributed by atoms with Crippen molar-refractivity contribution in [2.75, 3.05) is 39.9 Å². The Morgan fingerprint density at radius 1 is 1.05 bits per heavy atom. The van der Waals surface area contributed by atoms with Crippen LogP contribution in [-0.2, 0) is 19.9 Å². The van der Waals surface area contributed by atoms with Crippen molar-refractivity contribution in [2.24, 2.45) is 11.7 Å². The average molecular weight is 783 g/mol. The molecule has 11 nitrogen and oxygen atoms in total. The number of primary amides is 1. The van der Waals surface area contributed by atoms with E-state index in [9.17, 15) is 14.4 Å². The topological polar surface area (TPSA) is 141 Å². The molecule has 1 saturated heterocycles. The number of amides is 3. The van der Waals surface area contributed by atoms with Gasteiger partial charge in [-0.3, -0.25) is 9.59 Å². The first kappa shape index (κ1) is 40.2. The summed E-state index contributed by atoms with van der Waals surface area (Å²) >= 11 is 6.65. The fourth-order valence-electron chi connectivity index (χ4n) is 8.03. The second kappa shape index (κ2) is 16.3. The maximum absolute atomic E-state index is 16.1. The van der Waals surface area contributed by atoms with Crippen LogP contribution in [0.5, 0.6) is 11.5 Å². The van der Waals surface area contributed by atoms with Crippen molar-refractivity contribution in [3.8, 4) is 22.6 Å². The lowest BCUT2D eigenvalue weighted by molar-refractivity contribution is -0.144. The molecule has 6 rings (SSSR count). The fourth-order valence-corrected chi connectivity index (χ4v) is 8.28. The Morgan fingerprint density at radius 3 is 2.42 bits per heavy atom. The molecule has 2 aliphatic heterocycles. The number of nitrogens with two attached hydrogens (primary N) is 1. The molecule has 2 heterocycles. The summed E-state index contributed by atoms with van der Waals surface area (Å²) in [6, 6.07) is 13.4. The summed E-state index contributed by atoms with van der Waals surface area (Å²) in [4.78, 5) is 40.2. The lowest BCUT2D eigenvalue weighted by Crippen LogP contribution is -2.52. The molecule has 0 aromatic heterocycles. The number of rotatable bonds is 10. The molecule has 1 saturated carbocycles. The Morgan fingerprint density at radius 2 is 1.76 bits per heavy atom. The van der Waals surface area contributed by atoms with Gasteiger partial charge in [-0.25, -0.2) is 13.6 Å². The van der Waals surface area contributed by atoms with E-state index in [0.29, 0.717) is 44.6 Å². The average Bonchev–Trinajstić information content (AvgIpc) is 3.44. The monoisotopic (exact) mass is 782 g/mol. The van der Waals surface area contributed by atoms with Crippen LogP contribution in [0.15, 0.2) is 48.5 Å². The first-order chi connectivity index (χ1) is 26.1. The van der Waals surface area contributed by atoms with E-state index in [1.807, 2.05) is 42.2 Å². The Labute approximate surface area is 325 Å². The van der Waals surface area contributed by atoms with E-state index in [4.69, 9.17) is 36.3 Å². The van der Waals surface area contributed by atoms with Gasteiger partial charge in [-0.15, -0.1) is 0 Å². The van der Waals surface area contributed by atoms with Crippen molar-refractivity contribution in [3.63, 3.8) is 0 Å². The van der Waals surface area contributed by atoms with Crippen molar-refractivity contribution in [3.05, 3.63) is 81.9 Å². The number of hydrogen-bond acceptors (Lipinski definition) is 8. The maximum atomic E-state index is 16.1. The van der Waals surface area contributed by atoms with Crippen molar-refractivity contribution < 1.29 is 42.1 Å². The minimum Gasteiger partial charge on any atom is -0.494 e. The molecule has 4 N–H and O–H groups in total. The Bertz CT molecular complexity index is 1920. The summed E-state index contributed by atoms with van der Waals surface area (Å²) in [6.45, 7) is 9.09. The predicted molar refractivity (Wildman–Crippen MR) is 203 cm³/mol. The molecule has 3 aromatic carbocycles. The molecule has 3 aromatic rings. The lowest BCUT2D eigenvalue weighted by atomic mass is 9.77. The number of morpholine rings is 1. The molecule has 0 radical (unpaired) electrons. The zero-order valence-corrected chi connectivity index (χ0v) is 32.6. The molecular weight excluding hydrogens is 734 g/mol. The Kier molecular flexibility index (Phi) is 11.9. The highest BCUT2D eigenvalue weighted by molar-refractivity contribution is 6.34. The van der Waals surface area contributed by atoms with Crippen molar-refractivity contribution in [1.82, 2.24) is 15.5 Å². The van der Waals surface area contributed by atoms with Crippen LogP contribution in [0.1, 0.15) is 80.8 Å². The molecule has 3 amide bonds. The van der Waals surface area contributed by atoms with Gasteiger partial charge >= 0.3 is 6.09 Å². The minimum atomic E-state index is -1.08. The molecule has 296 valence electrons. The third kappa shape index (κ3) is 8.39. The number of carbonyl (C=O) groups is 3. The van der Waals surface area contributed by atoms with Gasteiger partial charge in [0.25, 0.3) is 0 Å². The standard InChI is InChI=1S/C41H49ClF2N4O7/c1-23-32-31(19-29(43)35(42)34(32)33-28(37(45)49)15-16-30(52-5)36(33)44)54-41(23,25-9-7-6-8-10-25)22-47-26-13-11-24(12-14-26)38(50)48-17-18-53-27(21-48)20-46-39(51)55-40(2,3)4/h6-10,15-16,19,23-24,26-27,47H,11-14,17-18,20-22H2,1-5H3,(H2,45,49)(H,46,51)/t23-,24?,26?,27+,41-/m0/s1. The zero-order chi connectivity index (χ0) is 39.7. The van der Waals surface area contributed by atoms with E-state index in [2.05, 4.69) is 10.6 Å². The third-order valence-electron chi connectivity index (χ3n) is 10.8. The van der Waals surface area contributed by atoms with Gasteiger partial charge in [0, 0.05) is 66.8 Å². The van der Waals surface area contributed by atoms with Crippen LogP contribution in [0.25, 0.3) is 11.1 Å². The molecular formula is C41H49ClF2N4O7. The van der Waals surface area contributed by atoms with E-state index >= 15 is 8.78 Å². The summed E-state index contributed by atoms with van der Waals surface area (Å²) in [5.74, 6) is -3.21. The lowest BCUT2D eigenvalue weighted by Gasteiger charge is -2.39. The SMILES string of the molecule is COc1ccc(C(N)=O)c(-c2c(Cl)c(F)cc3c2[C@H](C)[C@@](CNC2CCC(C(=O)N4CCO[C@H](CNC(=O)OC(C)(C)C)C4)CC2)(c2ccccc2)O3)c1F. The first-order valence-electron chi connectivity index (χ1n) is 18.7. The van der Waals surface area contributed by atoms with E-state index in [1.54, 1.807) is 20.8 Å². The first-order valence-corrected chi connectivity index (χ1v) is 19.0. The molecule has 0 bridgehead atoms. The predicted octanol–water partition coefficient (Wildman–Crippen LogP) is 6.68. The molecule has 3 atom stereocenters.